The van der Waals surface area contributed by atoms with Crippen LogP contribution in [0.4, 0.5) is 4.39 Å². The fourth-order valence-electron chi connectivity index (χ4n) is 2.76. The molecule has 25 heavy (non-hydrogen) atoms. The van der Waals surface area contributed by atoms with E-state index < -0.39 is 5.82 Å². The molecule has 2 aromatic heterocycles. The zero-order valence-electron chi connectivity index (χ0n) is 14.4. The molecule has 0 aliphatic carbocycles. The van der Waals surface area contributed by atoms with Crippen molar-refractivity contribution in [2.45, 2.75) is 33.2 Å². The van der Waals surface area contributed by atoms with Crippen LogP contribution in [0.2, 0.25) is 5.02 Å². The molecule has 2 N–H and O–H groups in total. The predicted octanol–water partition coefficient (Wildman–Crippen LogP) is 4.02. The molecule has 0 radical (unpaired) electrons. The number of H-pyrrole nitrogens is 1. The SMILES string of the molecule is Cc1nn(C(C)C)cc1C(=O)NCCc1c[nH]c2cc(F)c(Cl)cc12. The molecule has 0 unspecified atom stereocenters. The monoisotopic (exact) mass is 362 g/mol. The summed E-state index contributed by atoms with van der Waals surface area (Å²) in [4.78, 5) is 15.4. The summed E-state index contributed by atoms with van der Waals surface area (Å²) < 4.78 is 15.3. The van der Waals surface area contributed by atoms with Gasteiger partial charge in [0, 0.05) is 35.9 Å². The van der Waals surface area contributed by atoms with Crippen molar-refractivity contribution in [1.82, 2.24) is 20.1 Å². The lowest BCUT2D eigenvalue weighted by Gasteiger charge is -2.05. The molecule has 132 valence electrons. The number of nitrogens with one attached hydrogen (secondary N) is 2. The maximum Gasteiger partial charge on any atom is 0.254 e. The van der Waals surface area contributed by atoms with E-state index in [1.807, 2.05) is 27.0 Å². The first-order valence-corrected chi connectivity index (χ1v) is 8.53. The third-order valence-corrected chi connectivity index (χ3v) is 4.47. The van der Waals surface area contributed by atoms with E-state index in [0.29, 0.717) is 29.7 Å². The third-order valence-electron chi connectivity index (χ3n) is 4.18. The summed E-state index contributed by atoms with van der Waals surface area (Å²) in [6.45, 7) is 6.31. The van der Waals surface area contributed by atoms with Gasteiger partial charge in [0.2, 0.25) is 0 Å². The Morgan fingerprint density at radius 2 is 2.20 bits per heavy atom. The van der Waals surface area contributed by atoms with Gasteiger partial charge in [0.15, 0.2) is 0 Å². The molecule has 3 aromatic rings. The van der Waals surface area contributed by atoms with Crippen LogP contribution in [0.3, 0.4) is 0 Å². The van der Waals surface area contributed by atoms with Gasteiger partial charge >= 0.3 is 0 Å². The molecule has 0 atom stereocenters. The molecule has 7 heteroatoms. The Hall–Kier alpha value is -2.34. The van der Waals surface area contributed by atoms with Crippen LogP contribution in [0.15, 0.2) is 24.5 Å². The number of aryl methyl sites for hydroxylation is 1. The van der Waals surface area contributed by atoms with Crippen LogP contribution in [-0.2, 0) is 6.42 Å². The normalized spacial score (nSPS) is 11.4. The molecular formula is C18H20ClFN4O. The molecule has 5 nitrogen and oxygen atoms in total. The predicted molar refractivity (Wildman–Crippen MR) is 96.7 cm³/mol. The Balaban J connectivity index is 1.67. The molecule has 0 spiro atoms. The van der Waals surface area contributed by atoms with Gasteiger partial charge in [-0.1, -0.05) is 11.6 Å². The van der Waals surface area contributed by atoms with Gasteiger partial charge in [0.1, 0.15) is 5.82 Å². The quantitative estimate of drug-likeness (QED) is 0.720. The van der Waals surface area contributed by atoms with Crippen molar-refractivity contribution in [3.63, 3.8) is 0 Å². The van der Waals surface area contributed by atoms with E-state index in [9.17, 15) is 9.18 Å². The number of amides is 1. The molecule has 1 aromatic carbocycles. The van der Waals surface area contributed by atoms with Crippen molar-refractivity contribution >= 4 is 28.4 Å². The van der Waals surface area contributed by atoms with E-state index in [1.54, 1.807) is 16.9 Å². The van der Waals surface area contributed by atoms with Gasteiger partial charge in [-0.2, -0.15) is 5.10 Å². The van der Waals surface area contributed by atoms with Crippen molar-refractivity contribution in [3.8, 4) is 0 Å². The molecular weight excluding hydrogens is 343 g/mol. The number of carbonyl (C=O) groups excluding carboxylic acids is 1. The summed E-state index contributed by atoms with van der Waals surface area (Å²) in [7, 11) is 0. The first-order chi connectivity index (χ1) is 11.9. The number of carbonyl (C=O) groups is 1. The van der Waals surface area contributed by atoms with Gasteiger partial charge in [-0.3, -0.25) is 9.48 Å². The Morgan fingerprint density at radius 3 is 2.88 bits per heavy atom. The zero-order chi connectivity index (χ0) is 18.1. The number of aromatic nitrogens is 3. The van der Waals surface area contributed by atoms with E-state index in [0.717, 1.165) is 10.9 Å². The Labute approximate surface area is 150 Å². The Morgan fingerprint density at radius 1 is 1.44 bits per heavy atom. The van der Waals surface area contributed by atoms with Gasteiger partial charge in [-0.05, 0) is 44.9 Å². The van der Waals surface area contributed by atoms with Gasteiger partial charge in [0.05, 0.1) is 16.3 Å². The summed E-state index contributed by atoms with van der Waals surface area (Å²) in [6.07, 6.45) is 4.20. The average molecular weight is 363 g/mol. The van der Waals surface area contributed by atoms with E-state index in [2.05, 4.69) is 15.4 Å². The fourth-order valence-corrected chi connectivity index (χ4v) is 2.92. The second-order valence-corrected chi connectivity index (χ2v) is 6.74. The molecule has 0 saturated heterocycles. The summed E-state index contributed by atoms with van der Waals surface area (Å²) in [5, 5.41) is 8.21. The third kappa shape index (κ3) is 3.54. The van der Waals surface area contributed by atoms with E-state index in [4.69, 9.17) is 11.6 Å². The minimum absolute atomic E-state index is 0.0918. The number of hydrogen-bond acceptors (Lipinski definition) is 2. The smallest absolute Gasteiger partial charge is 0.254 e. The molecule has 1 amide bonds. The van der Waals surface area contributed by atoms with Gasteiger partial charge in [0.25, 0.3) is 5.91 Å². The highest BCUT2D eigenvalue weighted by Gasteiger charge is 2.14. The van der Waals surface area contributed by atoms with Crippen LogP contribution < -0.4 is 5.32 Å². The Bertz CT molecular complexity index is 929. The van der Waals surface area contributed by atoms with Crippen molar-refractivity contribution in [2.24, 2.45) is 0 Å². The average Bonchev–Trinajstić information content (AvgIpc) is 3.12. The number of nitrogens with zero attached hydrogens (tertiary/aromatic N) is 2. The number of halogens is 2. The molecule has 0 saturated carbocycles. The number of benzene rings is 1. The number of rotatable bonds is 5. The first-order valence-electron chi connectivity index (χ1n) is 8.15. The van der Waals surface area contributed by atoms with Crippen LogP contribution in [0, 0.1) is 12.7 Å². The minimum Gasteiger partial charge on any atom is -0.361 e. The van der Waals surface area contributed by atoms with Gasteiger partial charge in [-0.15, -0.1) is 0 Å². The largest absolute Gasteiger partial charge is 0.361 e. The number of fused-ring (bicyclic) bond motifs is 1. The lowest BCUT2D eigenvalue weighted by Crippen LogP contribution is -2.25. The lowest BCUT2D eigenvalue weighted by molar-refractivity contribution is 0.0953. The molecule has 0 aliphatic rings. The second-order valence-electron chi connectivity index (χ2n) is 6.33. The van der Waals surface area contributed by atoms with Gasteiger partial charge < -0.3 is 10.3 Å². The van der Waals surface area contributed by atoms with Crippen molar-refractivity contribution in [3.05, 3.63) is 52.2 Å². The summed E-state index contributed by atoms with van der Waals surface area (Å²) >= 11 is 5.86. The first kappa shape index (κ1) is 17.5. The topological polar surface area (TPSA) is 62.7 Å². The van der Waals surface area contributed by atoms with E-state index in [-0.39, 0.29) is 17.0 Å². The van der Waals surface area contributed by atoms with E-state index >= 15 is 0 Å². The molecule has 0 bridgehead atoms. The summed E-state index contributed by atoms with van der Waals surface area (Å²) in [6, 6.07) is 3.19. The summed E-state index contributed by atoms with van der Waals surface area (Å²) in [5.41, 5.74) is 2.96. The van der Waals surface area contributed by atoms with Crippen LogP contribution in [-0.4, -0.2) is 27.2 Å². The maximum absolute atomic E-state index is 13.5. The van der Waals surface area contributed by atoms with Crippen molar-refractivity contribution in [1.29, 1.82) is 0 Å². The minimum atomic E-state index is -0.450. The van der Waals surface area contributed by atoms with Crippen LogP contribution in [0.1, 0.15) is 41.5 Å². The van der Waals surface area contributed by atoms with Crippen LogP contribution in [0.5, 0.6) is 0 Å². The standard InChI is InChI=1S/C18H20ClFN4O/c1-10(2)24-9-14(11(3)23-24)18(25)21-5-4-12-8-22-17-7-16(20)15(19)6-13(12)17/h6-10,22H,4-5H2,1-3H3,(H,21,25). The summed E-state index contributed by atoms with van der Waals surface area (Å²) in [5.74, 6) is -0.596. The highest BCUT2D eigenvalue weighted by atomic mass is 35.5. The fraction of sp³-hybridized carbons (Fsp3) is 0.333. The molecule has 2 heterocycles. The molecule has 0 aliphatic heterocycles. The van der Waals surface area contributed by atoms with Gasteiger partial charge in [-0.25, -0.2) is 4.39 Å². The van der Waals surface area contributed by atoms with Crippen molar-refractivity contribution < 1.29 is 9.18 Å². The maximum atomic E-state index is 13.5. The number of aromatic amines is 1. The van der Waals surface area contributed by atoms with Crippen LogP contribution >= 0.6 is 11.6 Å². The number of hydrogen-bond donors (Lipinski definition) is 2. The second kappa shape index (κ2) is 6.88. The Kier molecular flexibility index (Phi) is 4.81. The molecule has 0 fully saturated rings. The highest BCUT2D eigenvalue weighted by molar-refractivity contribution is 6.31. The lowest BCUT2D eigenvalue weighted by atomic mass is 10.1. The van der Waals surface area contributed by atoms with Crippen LogP contribution in [0.25, 0.3) is 10.9 Å². The molecule has 3 rings (SSSR count). The zero-order valence-corrected chi connectivity index (χ0v) is 15.1. The highest BCUT2D eigenvalue weighted by Crippen LogP contribution is 2.25. The van der Waals surface area contributed by atoms with E-state index in [1.165, 1.54) is 6.07 Å². The van der Waals surface area contributed by atoms with Crippen molar-refractivity contribution in [2.75, 3.05) is 6.54 Å².